The fourth-order valence-corrected chi connectivity index (χ4v) is 3.17. The molecular weight excluding hydrogens is 544 g/mol. The van der Waals surface area contributed by atoms with Gasteiger partial charge in [-0.1, -0.05) is 31.8 Å². The van der Waals surface area contributed by atoms with Crippen molar-refractivity contribution < 1.29 is 38.0 Å². The van der Waals surface area contributed by atoms with Crippen molar-refractivity contribution in [3.05, 3.63) is 29.8 Å². The Kier molecular flexibility index (Phi) is 21.1. The van der Waals surface area contributed by atoms with Crippen LogP contribution in [-0.2, 0) is 28.5 Å². The molecule has 1 aromatic rings. The van der Waals surface area contributed by atoms with Crippen molar-refractivity contribution >= 4 is 11.8 Å². The van der Waals surface area contributed by atoms with E-state index in [1.807, 2.05) is 20.9 Å². The van der Waals surface area contributed by atoms with Gasteiger partial charge < -0.3 is 50.1 Å². The Bertz CT molecular complexity index is 933. The van der Waals surface area contributed by atoms with Gasteiger partial charge in [-0.15, -0.1) is 0 Å². The molecule has 5 N–H and O–H groups in total. The number of carbonyl (C=O) groups excluding carboxylic acids is 2. The van der Waals surface area contributed by atoms with Crippen LogP contribution in [0.5, 0.6) is 5.75 Å². The molecule has 0 aliphatic heterocycles. The molecule has 0 saturated carbocycles. The van der Waals surface area contributed by atoms with Gasteiger partial charge in [-0.05, 0) is 45.1 Å². The summed E-state index contributed by atoms with van der Waals surface area (Å²) in [4.78, 5) is 24.2. The first-order valence-electron chi connectivity index (χ1n) is 14.4. The van der Waals surface area contributed by atoms with Crippen LogP contribution in [0, 0.1) is 17.8 Å². The number of ether oxygens (including phenoxy) is 6. The first-order valence-corrected chi connectivity index (χ1v) is 14.4. The molecule has 2 amide bonds. The molecule has 0 fully saturated rings. The van der Waals surface area contributed by atoms with E-state index >= 15 is 0 Å². The van der Waals surface area contributed by atoms with Crippen LogP contribution in [0.2, 0.25) is 0 Å². The zero-order valence-electron chi connectivity index (χ0n) is 25.6. The highest BCUT2D eigenvalue weighted by atomic mass is 16.6. The third kappa shape index (κ3) is 21.0. The number of nitrogens with one attached hydrogen (secondary N) is 3. The Morgan fingerprint density at radius 2 is 1.62 bits per heavy atom. The van der Waals surface area contributed by atoms with Gasteiger partial charge in [0.2, 0.25) is 5.91 Å². The second kappa shape index (κ2) is 23.8. The van der Waals surface area contributed by atoms with Gasteiger partial charge >= 0.3 is 0 Å². The van der Waals surface area contributed by atoms with Crippen molar-refractivity contribution in [3.8, 4) is 17.6 Å². The van der Waals surface area contributed by atoms with Crippen LogP contribution in [0.1, 0.15) is 37.6 Å². The molecule has 0 aliphatic rings. The molecule has 12 heteroatoms. The average Bonchev–Trinajstić information content (AvgIpc) is 2.96. The normalized spacial score (nSPS) is 12.3. The Labute approximate surface area is 250 Å². The summed E-state index contributed by atoms with van der Waals surface area (Å²) in [6.07, 6.45) is 0.974. The SMILES string of the molecule is CNCCCOCCOCCOCCNC(=O)c1cccc(OCC(C)(N)OCCOCC(=O)NCC#CC(C)C)c1. The van der Waals surface area contributed by atoms with Crippen molar-refractivity contribution in [2.75, 3.05) is 92.8 Å². The minimum absolute atomic E-state index is 0.0471. The second-order valence-electron chi connectivity index (χ2n) is 9.83. The first kappa shape index (κ1) is 37.3. The molecular formula is C30H50N4O8. The molecule has 12 nitrogen and oxygen atoms in total. The number of hydrogen-bond donors (Lipinski definition) is 4. The number of rotatable bonds is 24. The summed E-state index contributed by atoms with van der Waals surface area (Å²) in [6.45, 7) is 10.6. The first-order chi connectivity index (χ1) is 20.2. The smallest absolute Gasteiger partial charge is 0.251 e. The summed E-state index contributed by atoms with van der Waals surface area (Å²) in [5.41, 5.74) is 5.51. The van der Waals surface area contributed by atoms with E-state index in [4.69, 9.17) is 34.2 Å². The van der Waals surface area contributed by atoms with Gasteiger partial charge in [0.15, 0.2) is 0 Å². The predicted molar refractivity (Wildman–Crippen MR) is 160 cm³/mol. The van der Waals surface area contributed by atoms with E-state index in [2.05, 4.69) is 27.8 Å². The van der Waals surface area contributed by atoms with Gasteiger partial charge in [0, 0.05) is 24.6 Å². The zero-order valence-corrected chi connectivity index (χ0v) is 25.6. The summed E-state index contributed by atoms with van der Waals surface area (Å²) in [6, 6.07) is 6.79. The number of benzene rings is 1. The molecule has 0 saturated heterocycles. The summed E-state index contributed by atoms with van der Waals surface area (Å²) < 4.78 is 33.1. The van der Waals surface area contributed by atoms with E-state index in [1.54, 1.807) is 31.2 Å². The van der Waals surface area contributed by atoms with Crippen LogP contribution in [0.4, 0.5) is 0 Å². The van der Waals surface area contributed by atoms with Crippen LogP contribution in [0.15, 0.2) is 24.3 Å². The highest BCUT2D eigenvalue weighted by molar-refractivity contribution is 5.94. The van der Waals surface area contributed by atoms with E-state index in [-0.39, 0.29) is 50.7 Å². The molecule has 0 bridgehead atoms. The lowest BCUT2D eigenvalue weighted by Gasteiger charge is -2.25. The van der Waals surface area contributed by atoms with Gasteiger partial charge in [0.1, 0.15) is 24.7 Å². The standard InChI is InChI=1S/C30H50N4O8/c1-25(2)8-6-12-33-28(35)23-40-20-21-42-30(3,31)24-41-27-10-5-9-26(22-27)29(36)34-13-15-38-17-19-39-18-16-37-14-7-11-32-4/h5,9-10,22,25,32H,7,11-21,23-24,31H2,1-4H3,(H,33,35)(H,34,36). The van der Waals surface area contributed by atoms with E-state index in [1.165, 1.54) is 0 Å². The van der Waals surface area contributed by atoms with E-state index < -0.39 is 5.72 Å². The Morgan fingerprint density at radius 1 is 0.929 bits per heavy atom. The number of amides is 2. The molecule has 42 heavy (non-hydrogen) atoms. The van der Waals surface area contributed by atoms with Gasteiger partial charge in [-0.2, -0.15) is 0 Å². The minimum Gasteiger partial charge on any atom is -0.489 e. The Balaban J connectivity index is 2.16. The highest BCUT2D eigenvalue weighted by Crippen LogP contribution is 2.15. The van der Waals surface area contributed by atoms with Gasteiger partial charge in [0.05, 0.1) is 52.8 Å². The predicted octanol–water partition coefficient (Wildman–Crippen LogP) is 0.938. The number of carbonyl (C=O) groups is 2. The molecule has 1 aromatic carbocycles. The number of hydrogen-bond acceptors (Lipinski definition) is 10. The maximum absolute atomic E-state index is 12.5. The summed E-state index contributed by atoms with van der Waals surface area (Å²) in [5, 5.41) is 8.54. The molecule has 238 valence electrons. The number of nitrogens with two attached hydrogens (primary N) is 1. The second-order valence-corrected chi connectivity index (χ2v) is 9.83. The van der Waals surface area contributed by atoms with Gasteiger partial charge in [-0.25, -0.2) is 0 Å². The molecule has 0 spiro atoms. The third-order valence-corrected chi connectivity index (χ3v) is 5.27. The molecule has 1 rings (SSSR count). The van der Waals surface area contributed by atoms with Crippen LogP contribution >= 0.6 is 0 Å². The van der Waals surface area contributed by atoms with Crippen molar-refractivity contribution in [1.29, 1.82) is 0 Å². The zero-order chi connectivity index (χ0) is 30.9. The Hall–Kier alpha value is -2.76. The Morgan fingerprint density at radius 3 is 2.33 bits per heavy atom. The van der Waals surface area contributed by atoms with Crippen molar-refractivity contribution in [2.45, 2.75) is 32.9 Å². The largest absolute Gasteiger partial charge is 0.489 e. The van der Waals surface area contributed by atoms with Crippen LogP contribution in [0.3, 0.4) is 0 Å². The summed E-state index contributed by atoms with van der Waals surface area (Å²) in [5.74, 6) is 6.09. The summed E-state index contributed by atoms with van der Waals surface area (Å²) >= 11 is 0. The van der Waals surface area contributed by atoms with Crippen molar-refractivity contribution in [3.63, 3.8) is 0 Å². The lowest BCUT2D eigenvalue weighted by molar-refractivity contribution is -0.127. The van der Waals surface area contributed by atoms with Crippen LogP contribution in [0.25, 0.3) is 0 Å². The fraction of sp³-hybridized carbons (Fsp3) is 0.667. The van der Waals surface area contributed by atoms with Gasteiger partial charge in [0.25, 0.3) is 5.91 Å². The summed E-state index contributed by atoms with van der Waals surface area (Å²) in [7, 11) is 1.91. The lowest BCUT2D eigenvalue weighted by Crippen LogP contribution is -2.46. The van der Waals surface area contributed by atoms with Crippen LogP contribution in [-0.4, -0.2) is 110 Å². The van der Waals surface area contributed by atoms with Crippen LogP contribution < -0.4 is 26.4 Å². The van der Waals surface area contributed by atoms with Crippen molar-refractivity contribution in [2.24, 2.45) is 11.7 Å². The molecule has 1 atom stereocenters. The van der Waals surface area contributed by atoms with E-state index in [0.717, 1.165) is 13.0 Å². The van der Waals surface area contributed by atoms with E-state index in [9.17, 15) is 9.59 Å². The minimum atomic E-state index is -1.10. The van der Waals surface area contributed by atoms with Crippen molar-refractivity contribution in [1.82, 2.24) is 16.0 Å². The maximum Gasteiger partial charge on any atom is 0.251 e. The quantitative estimate of drug-likeness (QED) is 0.0773. The fourth-order valence-electron chi connectivity index (χ4n) is 3.17. The topological polar surface area (TPSA) is 152 Å². The third-order valence-electron chi connectivity index (χ3n) is 5.27. The molecule has 0 aliphatic carbocycles. The molecule has 1 unspecified atom stereocenters. The lowest BCUT2D eigenvalue weighted by atomic mass is 10.2. The maximum atomic E-state index is 12.5. The molecule has 0 radical (unpaired) electrons. The van der Waals surface area contributed by atoms with Gasteiger partial charge in [-0.3, -0.25) is 9.59 Å². The monoisotopic (exact) mass is 594 g/mol. The van der Waals surface area contributed by atoms with E-state index in [0.29, 0.717) is 57.5 Å². The highest BCUT2D eigenvalue weighted by Gasteiger charge is 2.20. The molecule has 0 aromatic heterocycles. The average molecular weight is 595 g/mol. The molecule has 0 heterocycles.